The minimum absolute atomic E-state index is 0.184. The van der Waals surface area contributed by atoms with Gasteiger partial charge in [-0.05, 0) is 0 Å². The molecular weight excluding hydrogens is 316 g/mol. The van der Waals surface area contributed by atoms with Gasteiger partial charge in [0.15, 0.2) is 0 Å². The highest BCUT2D eigenvalue weighted by molar-refractivity contribution is 8.00. The van der Waals surface area contributed by atoms with E-state index < -0.39 is 34.9 Å². The van der Waals surface area contributed by atoms with E-state index in [-0.39, 0.29) is 23.6 Å². The van der Waals surface area contributed by atoms with Gasteiger partial charge in [0.25, 0.3) is 11.6 Å². The summed E-state index contributed by atoms with van der Waals surface area (Å²) in [6.07, 6.45) is 0. The Labute approximate surface area is 129 Å². The van der Waals surface area contributed by atoms with Gasteiger partial charge in [-0.2, -0.15) is 0 Å². The number of carbonyl (C=O) groups excluding carboxylic acids is 3. The molecule has 0 bridgehead atoms. The molecule has 0 radical (unpaired) electrons. The Morgan fingerprint density at radius 2 is 2.05 bits per heavy atom. The maximum absolute atomic E-state index is 12.2. The number of carbonyl (C=O) groups is 4. The zero-order valence-electron chi connectivity index (χ0n) is 11.8. The van der Waals surface area contributed by atoms with E-state index in [0.717, 1.165) is 23.6 Å². The lowest BCUT2D eigenvalue weighted by atomic mass is 9.99. The third-order valence-electron chi connectivity index (χ3n) is 3.11. The van der Waals surface area contributed by atoms with Crippen LogP contribution in [0.1, 0.15) is 13.8 Å². The Bertz CT molecular complexity index is 602. The van der Waals surface area contributed by atoms with Gasteiger partial charge in [0.05, 0.1) is 0 Å². The largest absolute Gasteiger partial charge is 0.477 e. The fourth-order valence-corrected chi connectivity index (χ4v) is 3.57. The van der Waals surface area contributed by atoms with Crippen LogP contribution in [0, 0.1) is 0 Å². The van der Waals surface area contributed by atoms with Gasteiger partial charge in [-0.15, -0.1) is 11.8 Å². The normalized spacial score (nSPS) is 27.0. The molecule has 2 aliphatic rings. The lowest BCUT2D eigenvalue weighted by molar-refractivity contribution is -0.194. The molecular formula is C12H14N2O7S. The highest BCUT2D eigenvalue weighted by atomic mass is 32.2. The van der Waals surface area contributed by atoms with Crippen molar-refractivity contribution < 1.29 is 33.8 Å². The lowest BCUT2D eigenvalue weighted by Gasteiger charge is -2.53. The number of nitrogens with zero attached hydrogens (tertiary/aromatic N) is 1. The molecule has 120 valence electrons. The van der Waals surface area contributed by atoms with Crippen molar-refractivity contribution in [3.8, 4) is 0 Å². The molecule has 0 spiro atoms. The third-order valence-corrected chi connectivity index (χ3v) is 4.50. The molecule has 0 aromatic carbocycles. The second kappa shape index (κ2) is 5.61. The van der Waals surface area contributed by atoms with E-state index in [2.05, 4.69) is 0 Å². The van der Waals surface area contributed by atoms with Gasteiger partial charge < -0.3 is 14.6 Å². The summed E-state index contributed by atoms with van der Waals surface area (Å²) in [5.74, 6) is -3.28. The van der Waals surface area contributed by atoms with Crippen molar-refractivity contribution in [3.05, 3.63) is 11.3 Å². The molecule has 0 saturated carbocycles. The van der Waals surface area contributed by atoms with Crippen LogP contribution in [-0.4, -0.2) is 57.3 Å². The van der Waals surface area contributed by atoms with E-state index >= 15 is 0 Å². The van der Waals surface area contributed by atoms with E-state index in [0.29, 0.717) is 0 Å². The quantitative estimate of drug-likeness (QED) is 0.378. The Balaban J connectivity index is 2.30. The van der Waals surface area contributed by atoms with E-state index in [1.165, 1.54) is 6.92 Å². The Kier molecular flexibility index (Phi) is 4.16. The van der Waals surface area contributed by atoms with Crippen LogP contribution >= 0.6 is 11.8 Å². The van der Waals surface area contributed by atoms with E-state index in [9.17, 15) is 24.3 Å². The van der Waals surface area contributed by atoms with Crippen molar-refractivity contribution in [2.24, 2.45) is 5.73 Å². The second-order valence-corrected chi connectivity index (χ2v) is 5.83. The van der Waals surface area contributed by atoms with Crippen LogP contribution in [0.15, 0.2) is 11.3 Å². The SMILES string of the molecule is CC(=O)OCC1=C(C(=O)O)N2C(=O)[C@@](N)(OC(C)=O)[C@H]2SC1. The highest BCUT2D eigenvalue weighted by Gasteiger charge is 2.65. The van der Waals surface area contributed by atoms with Crippen LogP contribution in [0.25, 0.3) is 0 Å². The highest BCUT2D eigenvalue weighted by Crippen LogP contribution is 2.45. The van der Waals surface area contributed by atoms with E-state index in [1.807, 2.05) is 0 Å². The van der Waals surface area contributed by atoms with Crippen LogP contribution in [0.4, 0.5) is 0 Å². The van der Waals surface area contributed by atoms with Gasteiger partial charge in [0, 0.05) is 25.2 Å². The molecule has 0 unspecified atom stereocenters. The summed E-state index contributed by atoms with van der Waals surface area (Å²) >= 11 is 1.14. The molecule has 1 fully saturated rings. The summed E-state index contributed by atoms with van der Waals surface area (Å²) < 4.78 is 9.64. The number of thioether (sulfide) groups is 1. The minimum Gasteiger partial charge on any atom is -0.477 e. The molecule has 0 aliphatic carbocycles. The van der Waals surface area contributed by atoms with Crippen molar-refractivity contribution in [1.82, 2.24) is 4.90 Å². The summed E-state index contributed by atoms with van der Waals surface area (Å²) in [5.41, 5.74) is 3.90. The standard InChI is InChI=1S/C12H14N2O7S/c1-5(15)20-3-7-4-22-11-12(13,21-6(2)16)10(19)14(11)8(7)9(17)18/h11H,3-4,13H2,1-2H3,(H,17,18)/t11-,12-/m1/s1. The van der Waals surface area contributed by atoms with Crippen molar-refractivity contribution in [2.45, 2.75) is 24.9 Å². The van der Waals surface area contributed by atoms with Crippen LogP contribution in [-0.2, 0) is 28.7 Å². The summed E-state index contributed by atoms with van der Waals surface area (Å²) in [7, 11) is 0. The number of carboxylic acids is 1. The number of nitrogens with two attached hydrogens (primary N) is 1. The van der Waals surface area contributed by atoms with Gasteiger partial charge in [-0.1, -0.05) is 0 Å². The first kappa shape index (κ1) is 16.3. The fourth-order valence-electron chi connectivity index (χ4n) is 2.25. The minimum atomic E-state index is -1.87. The smallest absolute Gasteiger partial charge is 0.352 e. The molecule has 0 aromatic rings. The topological polar surface area (TPSA) is 136 Å². The zero-order valence-corrected chi connectivity index (χ0v) is 12.6. The second-order valence-electron chi connectivity index (χ2n) is 4.76. The fraction of sp³-hybridized carbons (Fsp3) is 0.500. The van der Waals surface area contributed by atoms with Crippen molar-refractivity contribution >= 4 is 35.6 Å². The molecule has 22 heavy (non-hydrogen) atoms. The number of ether oxygens (including phenoxy) is 2. The predicted octanol–water partition coefficient (Wildman–Crippen LogP) is -0.979. The van der Waals surface area contributed by atoms with E-state index in [4.69, 9.17) is 15.2 Å². The first-order chi connectivity index (χ1) is 10.2. The van der Waals surface area contributed by atoms with Gasteiger partial charge in [-0.25, -0.2) is 4.79 Å². The number of esters is 2. The Hall–Kier alpha value is -2.07. The van der Waals surface area contributed by atoms with Gasteiger partial charge in [0.2, 0.25) is 0 Å². The van der Waals surface area contributed by atoms with E-state index in [1.54, 1.807) is 0 Å². The van der Waals surface area contributed by atoms with Crippen LogP contribution in [0.3, 0.4) is 0 Å². The molecule has 2 atom stereocenters. The monoisotopic (exact) mass is 330 g/mol. The summed E-state index contributed by atoms with van der Waals surface area (Å²) in [5, 5.41) is 8.49. The Morgan fingerprint density at radius 3 is 2.55 bits per heavy atom. The number of carboxylic acid groups (broad SMARTS) is 1. The maximum Gasteiger partial charge on any atom is 0.352 e. The average molecular weight is 330 g/mol. The van der Waals surface area contributed by atoms with Crippen molar-refractivity contribution in [2.75, 3.05) is 12.4 Å². The van der Waals surface area contributed by atoms with Gasteiger partial charge >= 0.3 is 17.9 Å². The molecule has 10 heteroatoms. The molecule has 1 saturated heterocycles. The van der Waals surface area contributed by atoms with Crippen LogP contribution in [0.2, 0.25) is 0 Å². The first-order valence-electron chi connectivity index (χ1n) is 6.21. The molecule has 2 aliphatic heterocycles. The van der Waals surface area contributed by atoms with Crippen molar-refractivity contribution in [1.29, 1.82) is 0 Å². The maximum atomic E-state index is 12.2. The molecule has 2 heterocycles. The molecule has 9 nitrogen and oxygen atoms in total. The number of amides is 1. The zero-order chi connectivity index (χ0) is 16.7. The van der Waals surface area contributed by atoms with Crippen molar-refractivity contribution in [3.63, 3.8) is 0 Å². The summed E-state index contributed by atoms with van der Waals surface area (Å²) in [4.78, 5) is 46.5. The number of hydrogen-bond donors (Lipinski definition) is 2. The lowest BCUT2D eigenvalue weighted by Crippen LogP contribution is -2.79. The molecule has 2 rings (SSSR count). The number of rotatable bonds is 4. The molecule has 3 N–H and O–H groups in total. The predicted molar refractivity (Wildman–Crippen MR) is 73.1 cm³/mol. The third kappa shape index (κ3) is 2.55. The number of hydrogen-bond acceptors (Lipinski definition) is 8. The summed E-state index contributed by atoms with van der Waals surface area (Å²) in [6, 6.07) is 0. The number of fused-ring (bicyclic) bond motifs is 1. The van der Waals surface area contributed by atoms with Crippen LogP contribution < -0.4 is 5.73 Å². The van der Waals surface area contributed by atoms with Gasteiger partial charge in [-0.3, -0.25) is 25.0 Å². The number of β-lactam (4-membered cyclic amide) rings is 1. The number of aliphatic carboxylic acids is 1. The Morgan fingerprint density at radius 1 is 1.41 bits per heavy atom. The van der Waals surface area contributed by atoms with Gasteiger partial charge in [0.1, 0.15) is 17.7 Å². The average Bonchev–Trinajstić information content (AvgIpc) is 2.42. The summed E-state index contributed by atoms with van der Waals surface area (Å²) in [6.45, 7) is 2.07. The first-order valence-corrected chi connectivity index (χ1v) is 7.25. The van der Waals surface area contributed by atoms with Crippen LogP contribution in [0.5, 0.6) is 0 Å². The molecule has 1 amide bonds. The molecule has 0 aromatic heterocycles.